The van der Waals surface area contributed by atoms with Gasteiger partial charge >= 0.3 is 0 Å². The number of halogens is 2. The van der Waals surface area contributed by atoms with E-state index in [1.165, 1.54) is 24.3 Å². The van der Waals surface area contributed by atoms with E-state index in [2.05, 4.69) is 21.0 Å². The summed E-state index contributed by atoms with van der Waals surface area (Å²) in [6.45, 7) is 3.72. The minimum Gasteiger partial charge on any atom is -0.491 e. The maximum atomic E-state index is 12.8. The van der Waals surface area contributed by atoms with Crippen molar-refractivity contribution in [3.05, 3.63) is 52.5 Å². The highest BCUT2D eigenvalue weighted by atomic mass is 127. The molecule has 0 aliphatic heterocycles. The van der Waals surface area contributed by atoms with Crippen molar-refractivity contribution in [2.24, 2.45) is 4.99 Å². The molecule has 0 aliphatic rings. The van der Waals surface area contributed by atoms with Crippen molar-refractivity contribution >= 4 is 41.3 Å². The van der Waals surface area contributed by atoms with Crippen molar-refractivity contribution in [3.63, 3.8) is 0 Å². The van der Waals surface area contributed by atoms with E-state index in [9.17, 15) is 9.50 Å². The van der Waals surface area contributed by atoms with Crippen molar-refractivity contribution in [2.75, 3.05) is 19.7 Å². The SMILES string of the molecule is CCNC(=NCc1ccsc1)NCC(O)COc1ccc(F)cc1.I. The van der Waals surface area contributed by atoms with Crippen LogP contribution in [0, 0.1) is 5.82 Å². The van der Waals surface area contributed by atoms with Crippen LogP contribution < -0.4 is 15.4 Å². The van der Waals surface area contributed by atoms with Gasteiger partial charge in [-0.2, -0.15) is 11.3 Å². The minimum absolute atomic E-state index is 0. The van der Waals surface area contributed by atoms with E-state index < -0.39 is 6.10 Å². The van der Waals surface area contributed by atoms with Crippen LogP contribution in [-0.2, 0) is 6.54 Å². The number of ether oxygens (including phenoxy) is 1. The van der Waals surface area contributed by atoms with Gasteiger partial charge in [0.15, 0.2) is 5.96 Å². The summed E-state index contributed by atoms with van der Waals surface area (Å²) >= 11 is 1.64. The molecular formula is C17H23FIN3O2S. The van der Waals surface area contributed by atoms with E-state index in [0.717, 1.165) is 12.1 Å². The average molecular weight is 479 g/mol. The molecule has 2 rings (SSSR count). The maximum absolute atomic E-state index is 12.8. The second-order valence-electron chi connectivity index (χ2n) is 5.13. The molecular weight excluding hydrogens is 456 g/mol. The van der Waals surface area contributed by atoms with Gasteiger partial charge in [-0.1, -0.05) is 0 Å². The van der Waals surface area contributed by atoms with Gasteiger partial charge in [0.2, 0.25) is 0 Å². The zero-order valence-electron chi connectivity index (χ0n) is 13.9. The number of aliphatic imine (C=N–C) groups is 1. The lowest BCUT2D eigenvalue weighted by atomic mass is 10.3. The molecule has 2 aromatic rings. The van der Waals surface area contributed by atoms with E-state index in [4.69, 9.17) is 4.74 Å². The van der Waals surface area contributed by atoms with Crippen molar-refractivity contribution in [2.45, 2.75) is 19.6 Å². The predicted octanol–water partition coefficient (Wildman–Crippen LogP) is 3.00. The third kappa shape index (κ3) is 8.50. The fourth-order valence-electron chi connectivity index (χ4n) is 1.89. The number of guanidine groups is 1. The van der Waals surface area contributed by atoms with Gasteiger partial charge in [-0.25, -0.2) is 9.38 Å². The fraction of sp³-hybridized carbons (Fsp3) is 0.353. The highest BCUT2D eigenvalue weighted by Crippen LogP contribution is 2.11. The van der Waals surface area contributed by atoms with Gasteiger partial charge in [-0.3, -0.25) is 0 Å². The molecule has 5 nitrogen and oxygen atoms in total. The van der Waals surface area contributed by atoms with Crippen LogP contribution in [0.2, 0.25) is 0 Å². The number of hydrogen-bond donors (Lipinski definition) is 3. The van der Waals surface area contributed by atoms with E-state index in [0.29, 0.717) is 24.8 Å². The summed E-state index contributed by atoms with van der Waals surface area (Å²) in [6, 6.07) is 7.73. The largest absolute Gasteiger partial charge is 0.491 e. The number of aliphatic hydroxyl groups is 1. The van der Waals surface area contributed by atoms with Crippen molar-refractivity contribution in [1.29, 1.82) is 0 Å². The van der Waals surface area contributed by atoms with Crippen molar-refractivity contribution in [3.8, 4) is 5.75 Å². The lowest BCUT2D eigenvalue weighted by Gasteiger charge is -2.16. The highest BCUT2D eigenvalue weighted by molar-refractivity contribution is 14.0. The van der Waals surface area contributed by atoms with Crippen LogP contribution in [0.5, 0.6) is 5.75 Å². The van der Waals surface area contributed by atoms with E-state index in [-0.39, 0.29) is 36.4 Å². The van der Waals surface area contributed by atoms with Gasteiger partial charge in [-0.15, -0.1) is 24.0 Å². The molecule has 0 bridgehead atoms. The molecule has 8 heteroatoms. The quantitative estimate of drug-likeness (QED) is 0.310. The monoisotopic (exact) mass is 479 g/mol. The summed E-state index contributed by atoms with van der Waals surface area (Å²) < 4.78 is 18.2. The number of aliphatic hydroxyl groups excluding tert-OH is 1. The molecule has 0 aliphatic carbocycles. The van der Waals surface area contributed by atoms with Crippen LogP contribution in [0.25, 0.3) is 0 Å². The van der Waals surface area contributed by atoms with Crippen molar-refractivity contribution in [1.82, 2.24) is 10.6 Å². The molecule has 138 valence electrons. The normalized spacial score (nSPS) is 12.2. The van der Waals surface area contributed by atoms with Crippen LogP contribution in [0.4, 0.5) is 4.39 Å². The van der Waals surface area contributed by atoms with Gasteiger partial charge in [0.1, 0.15) is 24.3 Å². The number of nitrogens with one attached hydrogen (secondary N) is 2. The lowest BCUT2D eigenvalue weighted by Crippen LogP contribution is -2.42. The Balaban J connectivity index is 0.00000312. The Morgan fingerprint density at radius 1 is 1.28 bits per heavy atom. The number of hydrogen-bond acceptors (Lipinski definition) is 4. The fourth-order valence-corrected chi connectivity index (χ4v) is 2.55. The first-order valence-corrected chi connectivity index (χ1v) is 8.71. The Morgan fingerprint density at radius 2 is 2.04 bits per heavy atom. The molecule has 1 unspecified atom stereocenters. The molecule has 25 heavy (non-hydrogen) atoms. The summed E-state index contributed by atoms with van der Waals surface area (Å²) in [5, 5.41) is 20.3. The Kier molecular flexibility index (Phi) is 10.4. The van der Waals surface area contributed by atoms with Crippen molar-refractivity contribution < 1.29 is 14.2 Å². The van der Waals surface area contributed by atoms with Gasteiger partial charge in [0.25, 0.3) is 0 Å². The number of rotatable bonds is 8. The zero-order chi connectivity index (χ0) is 17.2. The first-order valence-electron chi connectivity index (χ1n) is 7.77. The third-order valence-electron chi connectivity index (χ3n) is 3.11. The minimum atomic E-state index is -0.708. The smallest absolute Gasteiger partial charge is 0.191 e. The second kappa shape index (κ2) is 12.0. The summed E-state index contributed by atoms with van der Waals surface area (Å²) in [5.74, 6) is 0.847. The lowest BCUT2D eigenvalue weighted by molar-refractivity contribution is 0.110. The molecule has 0 saturated heterocycles. The second-order valence-corrected chi connectivity index (χ2v) is 5.91. The first kappa shape index (κ1) is 21.7. The predicted molar refractivity (Wildman–Crippen MR) is 110 cm³/mol. The van der Waals surface area contributed by atoms with E-state index >= 15 is 0 Å². The van der Waals surface area contributed by atoms with Gasteiger partial charge in [-0.05, 0) is 53.6 Å². The summed E-state index contributed by atoms with van der Waals surface area (Å²) in [4.78, 5) is 4.46. The Morgan fingerprint density at radius 3 is 2.68 bits per heavy atom. The molecule has 3 N–H and O–H groups in total. The van der Waals surface area contributed by atoms with Gasteiger partial charge in [0, 0.05) is 13.1 Å². The van der Waals surface area contributed by atoms with Crippen LogP contribution in [0.15, 0.2) is 46.1 Å². The Bertz CT molecular complexity index is 623. The highest BCUT2D eigenvalue weighted by Gasteiger charge is 2.07. The van der Waals surface area contributed by atoms with Crippen LogP contribution >= 0.6 is 35.3 Å². The van der Waals surface area contributed by atoms with Gasteiger partial charge < -0.3 is 20.5 Å². The number of nitrogens with zero attached hydrogens (tertiary/aromatic N) is 1. The standard InChI is InChI=1S/C17H22FN3O2S.HI/c1-2-19-17(20-9-13-7-8-24-12-13)21-10-15(22)11-23-16-5-3-14(18)4-6-16;/h3-8,12,15,22H,2,9-11H2,1H3,(H2,19,20,21);1H. The summed E-state index contributed by atoms with van der Waals surface area (Å²) in [7, 11) is 0. The summed E-state index contributed by atoms with van der Waals surface area (Å²) in [6.07, 6.45) is -0.708. The molecule has 1 aromatic heterocycles. The number of benzene rings is 1. The molecule has 0 amide bonds. The number of thiophene rings is 1. The van der Waals surface area contributed by atoms with E-state index in [1.807, 2.05) is 18.4 Å². The molecule has 0 fully saturated rings. The molecule has 1 atom stereocenters. The van der Waals surface area contributed by atoms with Crippen LogP contribution in [0.1, 0.15) is 12.5 Å². The molecule has 1 heterocycles. The average Bonchev–Trinajstić information content (AvgIpc) is 3.10. The molecule has 1 aromatic carbocycles. The molecule has 0 radical (unpaired) electrons. The van der Waals surface area contributed by atoms with Crippen LogP contribution in [0.3, 0.4) is 0 Å². The maximum Gasteiger partial charge on any atom is 0.191 e. The van der Waals surface area contributed by atoms with Crippen LogP contribution in [-0.4, -0.2) is 36.9 Å². The van der Waals surface area contributed by atoms with Gasteiger partial charge in [0.05, 0.1) is 6.54 Å². The molecule has 0 spiro atoms. The Labute approximate surface area is 168 Å². The van der Waals surface area contributed by atoms with E-state index in [1.54, 1.807) is 11.3 Å². The molecule has 0 saturated carbocycles. The zero-order valence-corrected chi connectivity index (χ0v) is 17.1. The summed E-state index contributed by atoms with van der Waals surface area (Å²) in [5.41, 5.74) is 1.15. The third-order valence-corrected chi connectivity index (χ3v) is 3.84. The Hall–Kier alpha value is -1.39. The topological polar surface area (TPSA) is 65.9 Å². The first-order chi connectivity index (χ1) is 11.7.